The minimum atomic E-state index is -0.525. The van der Waals surface area contributed by atoms with Gasteiger partial charge in [0.05, 0.1) is 11.0 Å². The van der Waals surface area contributed by atoms with Crippen LogP contribution in [0.5, 0.6) is 0 Å². The van der Waals surface area contributed by atoms with Crippen LogP contribution in [0.4, 0.5) is 11.6 Å². The van der Waals surface area contributed by atoms with Crippen LogP contribution in [0.25, 0.3) is 0 Å². The summed E-state index contributed by atoms with van der Waals surface area (Å²) in [5, 5.41) is 23.1. The van der Waals surface area contributed by atoms with E-state index in [2.05, 4.69) is 25.5 Å². The first kappa shape index (κ1) is 12.7. The van der Waals surface area contributed by atoms with E-state index in [4.69, 9.17) is 5.73 Å². The van der Waals surface area contributed by atoms with Crippen LogP contribution in [0.2, 0.25) is 0 Å². The van der Waals surface area contributed by atoms with Gasteiger partial charge in [0.1, 0.15) is 5.69 Å². The van der Waals surface area contributed by atoms with Crippen LogP contribution >= 0.6 is 11.8 Å². The molecule has 1 aliphatic rings. The molecule has 2 aromatic heterocycles. The molecule has 3 rings (SSSR count). The summed E-state index contributed by atoms with van der Waals surface area (Å²) < 4.78 is 1.65. The highest BCUT2D eigenvalue weighted by Gasteiger charge is 2.30. The van der Waals surface area contributed by atoms with E-state index in [1.165, 1.54) is 6.92 Å². The van der Waals surface area contributed by atoms with Crippen LogP contribution in [0.15, 0.2) is 10.2 Å². The second-order valence-corrected chi connectivity index (χ2v) is 5.27. The lowest BCUT2D eigenvalue weighted by Gasteiger charge is -2.05. The molecule has 0 bridgehead atoms. The van der Waals surface area contributed by atoms with E-state index in [1.54, 1.807) is 4.68 Å². The van der Waals surface area contributed by atoms with Crippen LogP contribution in [-0.2, 0) is 0 Å². The van der Waals surface area contributed by atoms with E-state index in [-0.39, 0.29) is 28.4 Å². The fraction of sp³-hybridized carbons (Fsp3) is 0.444. The van der Waals surface area contributed by atoms with Crippen molar-refractivity contribution in [2.45, 2.75) is 36.0 Å². The zero-order chi connectivity index (χ0) is 14.3. The topological polar surface area (TPSA) is 139 Å². The van der Waals surface area contributed by atoms with Gasteiger partial charge in [-0.2, -0.15) is 4.98 Å². The van der Waals surface area contributed by atoms with Crippen molar-refractivity contribution < 1.29 is 4.92 Å². The number of aromatic nitrogens is 6. The van der Waals surface area contributed by atoms with Gasteiger partial charge >= 0.3 is 5.69 Å². The monoisotopic (exact) mass is 294 g/mol. The van der Waals surface area contributed by atoms with Crippen molar-refractivity contribution >= 4 is 23.4 Å². The van der Waals surface area contributed by atoms with Crippen LogP contribution in [0, 0.1) is 17.0 Å². The number of hydrogen-bond donors (Lipinski definition) is 1. The summed E-state index contributed by atoms with van der Waals surface area (Å²) in [7, 11) is 0. The molecule has 0 amide bonds. The molecular weight excluding hydrogens is 284 g/mol. The molecule has 1 saturated carbocycles. The molecule has 2 aromatic rings. The van der Waals surface area contributed by atoms with Gasteiger partial charge in [-0.15, -0.1) is 5.10 Å². The van der Waals surface area contributed by atoms with Gasteiger partial charge in [0.2, 0.25) is 11.1 Å². The Bertz CT molecular complexity index is 683. The highest BCUT2D eigenvalue weighted by atomic mass is 32.2. The van der Waals surface area contributed by atoms with Crippen molar-refractivity contribution in [3.63, 3.8) is 0 Å². The lowest BCUT2D eigenvalue weighted by molar-refractivity contribution is -0.389. The van der Waals surface area contributed by atoms with Crippen molar-refractivity contribution in [2.75, 3.05) is 5.73 Å². The fourth-order valence-electron chi connectivity index (χ4n) is 1.73. The maximum Gasteiger partial charge on any atom is 0.322 e. The third-order valence-corrected chi connectivity index (χ3v) is 3.70. The van der Waals surface area contributed by atoms with Gasteiger partial charge in [-0.3, -0.25) is 10.1 Å². The molecule has 2 N–H and O–H groups in total. The van der Waals surface area contributed by atoms with Crippen LogP contribution in [0.3, 0.4) is 0 Å². The van der Waals surface area contributed by atoms with Crippen molar-refractivity contribution in [3.05, 3.63) is 15.8 Å². The average molecular weight is 294 g/mol. The zero-order valence-electron chi connectivity index (χ0n) is 10.4. The summed E-state index contributed by atoms with van der Waals surface area (Å²) in [5.41, 5.74) is 5.60. The number of aryl methyl sites for hydroxylation is 1. The van der Waals surface area contributed by atoms with E-state index < -0.39 is 4.92 Å². The van der Waals surface area contributed by atoms with E-state index in [9.17, 15) is 10.1 Å². The number of anilines is 1. The number of hydrogen-bond acceptors (Lipinski definition) is 9. The largest absolute Gasteiger partial charge is 0.368 e. The summed E-state index contributed by atoms with van der Waals surface area (Å²) in [4.78, 5) is 18.3. The fourth-order valence-corrected chi connectivity index (χ4v) is 2.72. The van der Waals surface area contributed by atoms with Gasteiger partial charge in [0.15, 0.2) is 5.03 Å². The summed E-state index contributed by atoms with van der Waals surface area (Å²) in [6, 6.07) is 0.270. The molecule has 0 aromatic carbocycles. The van der Waals surface area contributed by atoms with Gasteiger partial charge in [-0.1, -0.05) is 0 Å². The number of nitrogens with zero attached hydrogens (tertiary/aromatic N) is 7. The van der Waals surface area contributed by atoms with Crippen molar-refractivity contribution in [2.24, 2.45) is 0 Å². The quantitative estimate of drug-likeness (QED) is 0.491. The highest BCUT2D eigenvalue weighted by Crippen LogP contribution is 2.39. The molecule has 11 heteroatoms. The van der Waals surface area contributed by atoms with Crippen molar-refractivity contribution in [3.8, 4) is 0 Å². The number of nitrogen functional groups attached to an aromatic ring is 1. The second kappa shape index (κ2) is 4.67. The third kappa shape index (κ3) is 2.27. The Labute approximate surface area is 116 Å². The Balaban J connectivity index is 2.01. The molecular formula is C9H10N8O2S. The molecule has 0 radical (unpaired) electrons. The lowest BCUT2D eigenvalue weighted by atomic mass is 10.4. The molecule has 0 saturated heterocycles. The predicted molar refractivity (Wildman–Crippen MR) is 68.0 cm³/mol. The molecule has 0 atom stereocenters. The highest BCUT2D eigenvalue weighted by molar-refractivity contribution is 7.99. The first-order chi connectivity index (χ1) is 9.56. The van der Waals surface area contributed by atoms with E-state index in [1.807, 2.05) is 0 Å². The first-order valence-electron chi connectivity index (χ1n) is 5.80. The second-order valence-electron chi connectivity index (χ2n) is 4.32. The minimum absolute atomic E-state index is 0.0129. The van der Waals surface area contributed by atoms with Crippen molar-refractivity contribution in [1.82, 2.24) is 30.2 Å². The molecule has 0 aliphatic heterocycles. The van der Waals surface area contributed by atoms with E-state index in [0.717, 1.165) is 24.6 Å². The summed E-state index contributed by atoms with van der Waals surface area (Å²) in [6.45, 7) is 1.52. The Kier molecular flexibility index (Phi) is 2.97. The number of nitrogens with two attached hydrogens (primary N) is 1. The van der Waals surface area contributed by atoms with Crippen molar-refractivity contribution in [1.29, 1.82) is 0 Å². The predicted octanol–water partition coefficient (Wildman–Crippen LogP) is 0.748. The van der Waals surface area contributed by atoms with Crippen LogP contribution in [0.1, 0.15) is 24.6 Å². The maximum absolute atomic E-state index is 11.1. The normalized spacial score (nSPS) is 14.4. The van der Waals surface area contributed by atoms with Gasteiger partial charge in [0, 0.05) is 0 Å². The van der Waals surface area contributed by atoms with Gasteiger partial charge in [-0.05, 0) is 42.0 Å². The summed E-state index contributed by atoms with van der Waals surface area (Å²) in [6.07, 6.45) is 2.01. The van der Waals surface area contributed by atoms with Gasteiger partial charge in [0.25, 0.3) is 0 Å². The Morgan fingerprint density at radius 2 is 2.20 bits per heavy atom. The lowest BCUT2D eigenvalue weighted by Crippen LogP contribution is -2.05. The van der Waals surface area contributed by atoms with E-state index in [0.29, 0.717) is 5.16 Å². The molecule has 0 unspecified atom stereocenters. The van der Waals surface area contributed by atoms with Gasteiger partial charge in [-0.25, -0.2) is 9.67 Å². The molecule has 10 nitrogen and oxygen atoms in total. The van der Waals surface area contributed by atoms with E-state index >= 15 is 0 Å². The standard InChI is InChI=1S/C9H10N8O2S/c1-4-6(17(18)19)7(12-8(10)11-4)20-9-13-14-15-16(9)5-2-3-5/h5H,2-3H2,1H3,(H2,10,11,12). The molecule has 0 spiro atoms. The Morgan fingerprint density at radius 3 is 2.85 bits per heavy atom. The number of rotatable bonds is 4. The SMILES string of the molecule is Cc1nc(N)nc(Sc2nnnn2C2CC2)c1[N+](=O)[O-]. The first-order valence-corrected chi connectivity index (χ1v) is 6.62. The number of tetrazole rings is 1. The minimum Gasteiger partial charge on any atom is -0.368 e. The van der Waals surface area contributed by atoms with Crippen LogP contribution in [-0.4, -0.2) is 35.1 Å². The third-order valence-electron chi connectivity index (χ3n) is 2.77. The maximum atomic E-state index is 11.1. The molecule has 1 fully saturated rings. The van der Waals surface area contributed by atoms with Gasteiger partial charge < -0.3 is 5.73 Å². The number of nitro groups is 1. The summed E-state index contributed by atoms with van der Waals surface area (Å²) in [5.74, 6) is -0.0129. The molecule has 2 heterocycles. The average Bonchev–Trinajstić information content (AvgIpc) is 3.09. The molecule has 1 aliphatic carbocycles. The Hall–Kier alpha value is -2.30. The Morgan fingerprint density at radius 1 is 1.45 bits per heavy atom. The smallest absolute Gasteiger partial charge is 0.322 e. The molecule has 104 valence electrons. The zero-order valence-corrected chi connectivity index (χ0v) is 11.2. The summed E-state index contributed by atoms with van der Waals surface area (Å²) >= 11 is 1.03. The molecule has 20 heavy (non-hydrogen) atoms. The van der Waals surface area contributed by atoms with Crippen LogP contribution < -0.4 is 5.73 Å².